The summed E-state index contributed by atoms with van der Waals surface area (Å²) in [4.78, 5) is 4.30. The number of rotatable bonds is 3. The number of aromatic nitrogens is 1. The fraction of sp³-hybridized carbons (Fsp3) is 0.308. The standard InChI is InChI=1S/C13H15N3O2S/c14-10-6-11(7-10)16-19(17,18)13-3-1-2-9-8-15-5-4-12(9)13/h1-5,8,10-11,16H,6-7,14H2. The normalized spacial score (nSPS) is 23.2. The predicted molar refractivity (Wildman–Crippen MR) is 73.1 cm³/mol. The number of hydrogen-bond acceptors (Lipinski definition) is 4. The van der Waals surface area contributed by atoms with Gasteiger partial charge >= 0.3 is 0 Å². The SMILES string of the molecule is NC1CC(NS(=O)(=O)c2cccc3cnccc23)C1. The van der Waals surface area contributed by atoms with Crippen molar-refractivity contribution in [1.82, 2.24) is 9.71 Å². The molecule has 6 heteroatoms. The summed E-state index contributed by atoms with van der Waals surface area (Å²) in [6.07, 6.45) is 4.66. The van der Waals surface area contributed by atoms with Crippen LogP contribution in [0.1, 0.15) is 12.8 Å². The first-order valence-electron chi connectivity index (χ1n) is 6.17. The Bertz CT molecular complexity index is 703. The molecule has 1 aliphatic rings. The lowest BCUT2D eigenvalue weighted by Crippen LogP contribution is -2.50. The highest BCUT2D eigenvalue weighted by Crippen LogP contribution is 2.25. The first kappa shape index (κ1) is 12.5. The Morgan fingerprint density at radius 2 is 2.05 bits per heavy atom. The summed E-state index contributed by atoms with van der Waals surface area (Å²) in [6.45, 7) is 0. The number of fused-ring (bicyclic) bond motifs is 1. The van der Waals surface area contributed by atoms with E-state index in [1.54, 1.807) is 30.6 Å². The fourth-order valence-electron chi connectivity index (χ4n) is 2.37. The molecule has 19 heavy (non-hydrogen) atoms. The maximum absolute atomic E-state index is 12.4. The number of nitrogens with zero attached hydrogens (tertiary/aromatic N) is 1. The zero-order chi connectivity index (χ0) is 13.5. The summed E-state index contributed by atoms with van der Waals surface area (Å²) in [5, 5.41) is 1.50. The molecule has 1 aromatic carbocycles. The second kappa shape index (κ2) is 4.56. The molecule has 0 saturated heterocycles. The summed E-state index contributed by atoms with van der Waals surface area (Å²) >= 11 is 0. The van der Waals surface area contributed by atoms with Crippen molar-refractivity contribution in [2.75, 3.05) is 0 Å². The van der Waals surface area contributed by atoms with E-state index in [2.05, 4.69) is 9.71 Å². The van der Waals surface area contributed by atoms with Crippen LogP contribution in [0.15, 0.2) is 41.6 Å². The van der Waals surface area contributed by atoms with Crippen molar-refractivity contribution in [2.45, 2.75) is 29.8 Å². The molecule has 2 aromatic rings. The summed E-state index contributed by atoms with van der Waals surface area (Å²) in [7, 11) is -3.50. The Balaban J connectivity index is 1.99. The van der Waals surface area contributed by atoms with Gasteiger partial charge in [-0.1, -0.05) is 12.1 Å². The molecule has 1 aromatic heterocycles. The van der Waals surface area contributed by atoms with Crippen LogP contribution in [-0.2, 0) is 10.0 Å². The molecule has 1 aliphatic carbocycles. The van der Waals surface area contributed by atoms with Gasteiger partial charge in [0.05, 0.1) is 4.90 Å². The third-order valence-electron chi connectivity index (χ3n) is 3.43. The van der Waals surface area contributed by atoms with E-state index in [1.165, 1.54) is 0 Å². The van der Waals surface area contributed by atoms with Crippen LogP contribution in [0.2, 0.25) is 0 Å². The molecule has 5 nitrogen and oxygen atoms in total. The fourth-order valence-corrected chi connectivity index (χ4v) is 3.86. The molecule has 1 saturated carbocycles. The summed E-state index contributed by atoms with van der Waals surface area (Å²) < 4.78 is 27.5. The van der Waals surface area contributed by atoms with Gasteiger partial charge in [-0.05, 0) is 25.0 Å². The van der Waals surface area contributed by atoms with Crippen LogP contribution in [0.3, 0.4) is 0 Å². The maximum atomic E-state index is 12.4. The second-order valence-corrected chi connectivity index (χ2v) is 6.59. The Hall–Kier alpha value is -1.50. The van der Waals surface area contributed by atoms with E-state index >= 15 is 0 Å². The molecule has 3 N–H and O–H groups in total. The zero-order valence-electron chi connectivity index (χ0n) is 10.3. The van der Waals surface area contributed by atoms with Crippen LogP contribution in [0.5, 0.6) is 0 Å². The van der Waals surface area contributed by atoms with E-state index in [4.69, 9.17) is 5.73 Å². The molecule has 0 atom stereocenters. The quantitative estimate of drug-likeness (QED) is 0.876. The Labute approximate surface area is 111 Å². The predicted octanol–water partition coefficient (Wildman–Crippen LogP) is 1.00. The highest BCUT2D eigenvalue weighted by Gasteiger charge is 2.30. The zero-order valence-corrected chi connectivity index (χ0v) is 11.1. The molecule has 3 rings (SSSR count). The van der Waals surface area contributed by atoms with Gasteiger partial charge in [-0.15, -0.1) is 0 Å². The van der Waals surface area contributed by atoms with Gasteiger partial charge in [-0.2, -0.15) is 0 Å². The van der Waals surface area contributed by atoms with Gasteiger partial charge in [-0.3, -0.25) is 4.98 Å². The average Bonchev–Trinajstić information content (AvgIpc) is 2.36. The molecular weight excluding hydrogens is 262 g/mol. The minimum atomic E-state index is -3.50. The lowest BCUT2D eigenvalue weighted by Gasteiger charge is -2.32. The van der Waals surface area contributed by atoms with Gasteiger partial charge < -0.3 is 5.73 Å². The minimum Gasteiger partial charge on any atom is -0.328 e. The van der Waals surface area contributed by atoms with Crippen LogP contribution >= 0.6 is 0 Å². The van der Waals surface area contributed by atoms with Crippen LogP contribution in [-0.4, -0.2) is 25.5 Å². The number of nitrogens with one attached hydrogen (secondary N) is 1. The molecule has 0 bridgehead atoms. The second-order valence-electron chi connectivity index (χ2n) is 4.90. The lowest BCUT2D eigenvalue weighted by atomic mass is 9.89. The number of nitrogens with two attached hydrogens (primary N) is 1. The number of sulfonamides is 1. The van der Waals surface area contributed by atoms with Gasteiger partial charge in [-0.25, -0.2) is 13.1 Å². The lowest BCUT2D eigenvalue weighted by molar-refractivity contribution is 0.327. The molecule has 1 heterocycles. The van der Waals surface area contributed by atoms with Gasteiger partial charge in [0.25, 0.3) is 0 Å². The van der Waals surface area contributed by atoms with E-state index in [9.17, 15) is 8.42 Å². The molecule has 0 unspecified atom stereocenters. The van der Waals surface area contributed by atoms with Crippen molar-refractivity contribution in [3.63, 3.8) is 0 Å². The van der Waals surface area contributed by atoms with Crippen molar-refractivity contribution in [3.05, 3.63) is 36.7 Å². The highest BCUT2D eigenvalue weighted by molar-refractivity contribution is 7.89. The highest BCUT2D eigenvalue weighted by atomic mass is 32.2. The van der Waals surface area contributed by atoms with E-state index in [0.717, 1.165) is 5.39 Å². The van der Waals surface area contributed by atoms with Gasteiger partial charge in [0.2, 0.25) is 10.0 Å². The molecule has 100 valence electrons. The van der Waals surface area contributed by atoms with Crippen LogP contribution in [0.25, 0.3) is 10.8 Å². The number of pyridine rings is 1. The van der Waals surface area contributed by atoms with Crippen LogP contribution in [0.4, 0.5) is 0 Å². The van der Waals surface area contributed by atoms with Gasteiger partial charge in [0, 0.05) is 35.2 Å². The Morgan fingerprint density at radius 3 is 2.79 bits per heavy atom. The van der Waals surface area contributed by atoms with E-state index in [1.807, 2.05) is 6.07 Å². The molecule has 1 fully saturated rings. The summed E-state index contributed by atoms with van der Waals surface area (Å²) in [5.41, 5.74) is 5.67. The average molecular weight is 277 g/mol. The minimum absolute atomic E-state index is 0.0444. The van der Waals surface area contributed by atoms with E-state index < -0.39 is 10.0 Å². The van der Waals surface area contributed by atoms with Crippen LogP contribution in [0, 0.1) is 0 Å². The van der Waals surface area contributed by atoms with Crippen LogP contribution < -0.4 is 10.5 Å². The van der Waals surface area contributed by atoms with E-state index in [0.29, 0.717) is 23.1 Å². The van der Waals surface area contributed by atoms with E-state index in [-0.39, 0.29) is 12.1 Å². The van der Waals surface area contributed by atoms with Crippen molar-refractivity contribution >= 4 is 20.8 Å². The Kier molecular flexibility index (Phi) is 3.00. The first-order chi connectivity index (χ1) is 9.06. The molecular formula is C13H15N3O2S. The summed E-state index contributed by atoms with van der Waals surface area (Å²) in [5.74, 6) is 0. The monoisotopic (exact) mass is 277 g/mol. The third-order valence-corrected chi connectivity index (χ3v) is 5.01. The van der Waals surface area contributed by atoms with Gasteiger partial charge in [0.15, 0.2) is 0 Å². The number of hydrogen-bond donors (Lipinski definition) is 2. The maximum Gasteiger partial charge on any atom is 0.241 e. The molecule has 0 radical (unpaired) electrons. The largest absolute Gasteiger partial charge is 0.328 e. The smallest absolute Gasteiger partial charge is 0.241 e. The van der Waals surface area contributed by atoms with Crippen molar-refractivity contribution in [2.24, 2.45) is 5.73 Å². The summed E-state index contributed by atoms with van der Waals surface area (Å²) in [6, 6.07) is 6.98. The molecule has 0 spiro atoms. The first-order valence-corrected chi connectivity index (χ1v) is 7.65. The van der Waals surface area contributed by atoms with Gasteiger partial charge in [0.1, 0.15) is 0 Å². The molecule has 0 amide bonds. The number of benzene rings is 1. The third kappa shape index (κ3) is 2.34. The molecule has 0 aliphatic heterocycles. The van der Waals surface area contributed by atoms with Crippen molar-refractivity contribution < 1.29 is 8.42 Å². The van der Waals surface area contributed by atoms with Crippen molar-refractivity contribution in [3.8, 4) is 0 Å². The van der Waals surface area contributed by atoms with Crippen molar-refractivity contribution in [1.29, 1.82) is 0 Å². The topological polar surface area (TPSA) is 85.1 Å². The Morgan fingerprint density at radius 1 is 1.26 bits per heavy atom.